The standard InChI is InChI=1S/C23H21N3O6/c1-29-18-10-15(11-19(30-2)21(18)31-3)25-12-16-20(17(13-25)23(28)32-4)24-26(22(16)27)14-8-6-5-7-9-14/h5-13H,1-4H3. The van der Waals surface area contributed by atoms with Gasteiger partial charge >= 0.3 is 5.97 Å². The van der Waals surface area contributed by atoms with E-state index in [1.807, 2.05) is 6.07 Å². The van der Waals surface area contributed by atoms with Gasteiger partial charge in [-0.1, -0.05) is 18.2 Å². The fraction of sp³-hybridized carbons (Fsp3) is 0.174. The van der Waals surface area contributed by atoms with Crippen molar-refractivity contribution in [1.29, 1.82) is 0 Å². The van der Waals surface area contributed by atoms with Crippen molar-refractivity contribution >= 4 is 5.97 Å². The highest BCUT2D eigenvalue weighted by Gasteiger charge is 2.26. The molecule has 2 aromatic rings. The van der Waals surface area contributed by atoms with Crippen LogP contribution in [-0.4, -0.2) is 48.8 Å². The molecule has 0 radical (unpaired) electrons. The molecule has 0 fully saturated rings. The van der Waals surface area contributed by atoms with E-state index in [2.05, 4.69) is 5.10 Å². The Kier molecular flexibility index (Phi) is 5.55. The van der Waals surface area contributed by atoms with Crippen molar-refractivity contribution in [3.63, 3.8) is 0 Å². The summed E-state index contributed by atoms with van der Waals surface area (Å²) in [5, 5.41) is 4.40. The van der Waals surface area contributed by atoms with Gasteiger partial charge in [0.2, 0.25) is 5.75 Å². The number of fused-ring (bicyclic) bond motifs is 1. The molecule has 0 N–H and O–H groups in total. The highest BCUT2D eigenvalue weighted by Crippen LogP contribution is 2.39. The maximum absolute atomic E-state index is 13.2. The monoisotopic (exact) mass is 435 g/mol. The summed E-state index contributed by atoms with van der Waals surface area (Å²) >= 11 is 0. The van der Waals surface area contributed by atoms with Gasteiger partial charge in [0.05, 0.1) is 45.4 Å². The van der Waals surface area contributed by atoms with Crippen LogP contribution in [0.1, 0.15) is 10.4 Å². The summed E-state index contributed by atoms with van der Waals surface area (Å²) in [4.78, 5) is 25.7. The van der Waals surface area contributed by atoms with Crippen molar-refractivity contribution in [3.8, 4) is 39.9 Å². The van der Waals surface area contributed by atoms with Crippen LogP contribution >= 0.6 is 0 Å². The first kappa shape index (κ1) is 21.0. The summed E-state index contributed by atoms with van der Waals surface area (Å²) in [6, 6.07) is 12.4. The summed E-state index contributed by atoms with van der Waals surface area (Å²) < 4.78 is 24.0. The van der Waals surface area contributed by atoms with Gasteiger partial charge in [-0.05, 0) is 12.1 Å². The molecule has 0 aromatic heterocycles. The highest BCUT2D eigenvalue weighted by molar-refractivity contribution is 5.96. The third-order valence-electron chi connectivity index (χ3n) is 5.02. The Bertz CT molecular complexity index is 1280. The second-order valence-electron chi connectivity index (χ2n) is 6.77. The van der Waals surface area contributed by atoms with Crippen LogP contribution < -0.4 is 19.8 Å². The fourth-order valence-electron chi connectivity index (χ4n) is 3.48. The number of carbonyl (C=O) groups is 1. The third kappa shape index (κ3) is 3.43. The number of methoxy groups -OCH3 is 4. The quantitative estimate of drug-likeness (QED) is 0.430. The van der Waals surface area contributed by atoms with Crippen LogP contribution in [0.15, 0.2) is 59.7 Å². The first-order valence-corrected chi connectivity index (χ1v) is 9.61. The smallest absolute Gasteiger partial charge is 0.341 e. The Labute approximate surface area is 183 Å². The zero-order chi connectivity index (χ0) is 22.8. The molecule has 2 aliphatic heterocycles. The Balaban J connectivity index is 2.00. The Morgan fingerprint density at radius 1 is 0.875 bits per heavy atom. The summed E-state index contributed by atoms with van der Waals surface area (Å²) in [6.45, 7) is 0. The molecular weight excluding hydrogens is 414 g/mol. The molecule has 0 bridgehead atoms. The second-order valence-corrected chi connectivity index (χ2v) is 6.77. The number of esters is 1. The first-order valence-electron chi connectivity index (χ1n) is 9.61. The van der Waals surface area contributed by atoms with Crippen LogP contribution in [0.25, 0.3) is 22.6 Å². The van der Waals surface area contributed by atoms with Gasteiger partial charge in [-0.15, -0.1) is 0 Å². The average Bonchev–Trinajstić information content (AvgIpc) is 3.18. The molecule has 0 unspecified atom stereocenters. The molecule has 4 rings (SSSR count). The van der Waals surface area contributed by atoms with E-state index in [0.717, 1.165) is 0 Å². The Hall–Kier alpha value is -4.27. The summed E-state index contributed by atoms with van der Waals surface area (Å²) in [5.41, 5.74) is 1.45. The molecule has 0 aliphatic carbocycles. The fourth-order valence-corrected chi connectivity index (χ4v) is 3.48. The van der Waals surface area contributed by atoms with Gasteiger partial charge in [0, 0.05) is 24.5 Å². The van der Waals surface area contributed by atoms with Gasteiger partial charge in [0.15, 0.2) is 11.5 Å². The van der Waals surface area contributed by atoms with E-state index in [-0.39, 0.29) is 22.4 Å². The van der Waals surface area contributed by atoms with Gasteiger partial charge in [-0.3, -0.25) is 4.79 Å². The van der Waals surface area contributed by atoms with E-state index in [4.69, 9.17) is 18.9 Å². The predicted octanol–water partition coefficient (Wildman–Crippen LogP) is 2.94. The molecule has 0 amide bonds. The molecule has 0 saturated heterocycles. The van der Waals surface area contributed by atoms with Crippen molar-refractivity contribution in [2.75, 3.05) is 28.4 Å². The lowest BCUT2D eigenvalue weighted by atomic mass is 10.1. The van der Waals surface area contributed by atoms with Crippen LogP contribution in [0, 0.1) is 0 Å². The SMILES string of the molecule is COC(=O)c1cn(-c2cc(OC)c(OC)c(OC)c2)cc2c(=O)n(-c3ccccc3)nc1-2. The number of carbonyl (C=O) groups excluding carboxylic acids is 1. The van der Waals surface area contributed by atoms with Crippen molar-refractivity contribution in [3.05, 3.63) is 70.8 Å². The van der Waals surface area contributed by atoms with Crippen molar-refractivity contribution in [2.24, 2.45) is 0 Å². The lowest BCUT2D eigenvalue weighted by molar-refractivity contribution is 0.0600. The number of pyridine rings is 1. The lowest BCUT2D eigenvalue weighted by Gasteiger charge is -2.16. The number of hydrogen-bond donors (Lipinski definition) is 0. The van der Waals surface area contributed by atoms with E-state index in [9.17, 15) is 9.59 Å². The number of benzene rings is 2. The van der Waals surface area contributed by atoms with Gasteiger partial charge in [-0.2, -0.15) is 9.78 Å². The van der Waals surface area contributed by atoms with Gasteiger partial charge in [-0.25, -0.2) is 4.79 Å². The minimum Gasteiger partial charge on any atom is -0.493 e. The van der Waals surface area contributed by atoms with Crippen molar-refractivity contribution < 1.29 is 23.7 Å². The maximum Gasteiger partial charge on any atom is 0.341 e. The number of ether oxygens (including phenoxy) is 4. The number of para-hydroxylation sites is 1. The third-order valence-corrected chi connectivity index (χ3v) is 5.02. The molecule has 0 saturated carbocycles. The van der Waals surface area contributed by atoms with E-state index in [1.54, 1.807) is 53.4 Å². The van der Waals surface area contributed by atoms with Crippen molar-refractivity contribution in [1.82, 2.24) is 14.3 Å². The van der Waals surface area contributed by atoms with Crippen LogP contribution in [0.5, 0.6) is 17.2 Å². The molecule has 32 heavy (non-hydrogen) atoms. The Morgan fingerprint density at radius 3 is 2.09 bits per heavy atom. The zero-order valence-corrected chi connectivity index (χ0v) is 18.0. The second kappa shape index (κ2) is 8.46. The van der Waals surface area contributed by atoms with Crippen molar-refractivity contribution in [2.45, 2.75) is 0 Å². The molecule has 9 heteroatoms. The van der Waals surface area contributed by atoms with E-state index >= 15 is 0 Å². The molecule has 0 spiro atoms. The lowest BCUT2D eigenvalue weighted by Crippen LogP contribution is -2.15. The number of rotatable bonds is 6. The molecule has 2 aromatic carbocycles. The van der Waals surface area contributed by atoms with Crippen LogP contribution in [-0.2, 0) is 4.74 Å². The number of hydrogen-bond acceptors (Lipinski definition) is 7. The molecule has 164 valence electrons. The summed E-state index contributed by atoms with van der Waals surface area (Å²) in [7, 11) is 5.80. The van der Waals surface area contributed by atoms with E-state index < -0.39 is 5.97 Å². The number of aromatic nitrogens is 3. The molecular formula is C23H21N3O6. The minimum absolute atomic E-state index is 0.144. The van der Waals surface area contributed by atoms with Gasteiger partial charge < -0.3 is 23.5 Å². The van der Waals surface area contributed by atoms with E-state index in [0.29, 0.717) is 28.6 Å². The van der Waals surface area contributed by atoms with Crippen LogP contribution in [0.3, 0.4) is 0 Å². The maximum atomic E-state index is 13.2. The normalized spacial score (nSPS) is 10.8. The molecule has 0 atom stereocenters. The molecule has 2 heterocycles. The highest BCUT2D eigenvalue weighted by atomic mass is 16.5. The van der Waals surface area contributed by atoms with Gasteiger partial charge in [0.25, 0.3) is 5.56 Å². The largest absolute Gasteiger partial charge is 0.493 e. The molecule has 9 nitrogen and oxygen atoms in total. The Morgan fingerprint density at radius 2 is 1.53 bits per heavy atom. The van der Waals surface area contributed by atoms with Crippen LogP contribution in [0.2, 0.25) is 0 Å². The predicted molar refractivity (Wildman–Crippen MR) is 117 cm³/mol. The average molecular weight is 435 g/mol. The minimum atomic E-state index is -0.616. The van der Waals surface area contributed by atoms with Gasteiger partial charge in [0.1, 0.15) is 11.3 Å². The topological polar surface area (TPSA) is 93.8 Å². The first-order chi connectivity index (χ1) is 15.5. The number of nitrogens with zero attached hydrogens (tertiary/aromatic N) is 3. The summed E-state index contributed by atoms with van der Waals surface area (Å²) in [5.74, 6) is 0.664. The van der Waals surface area contributed by atoms with E-state index in [1.165, 1.54) is 33.1 Å². The zero-order valence-electron chi connectivity index (χ0n) is 18.0. The molecule has 2 aliphatic rings. The summed E-state index contributed by atoms with van der Waals surface area (Å²) in [6.07, 6.45) is 3.16. The van der Waals surface area contributed by atoms with Crippen LogP contribution in [0.4, 0.5) is 0 Å².